The Morgan fingerprint density at radius 1 is 1.36 bits per heavy atom. The van der Waals surface area contributed by atoms with Crippen LogP contribution in [0, 0.1) is 6.92 Å². The Balaban J connectivity index is 2.62. The third kappa shape index (κ3) is 1.57. The smallest absolute Gasteiger partial charge is 0.250 e. The maximum Gasteiger partial charge on any atom is 0.433 e. The summed E-state index contributed by atoms with van der Waals surface area (Å²) in [5, 5.41) is 0.737. The highest BCUT2D eigenvalue weighted by Gasteiger charge is 2.32. The Hall–Kier alpha value is -1.17. The SMILES string of the molecule is Cc1nc2cc(C(F)(F)F)ncc2s1. The van der Waals surface area contributed by atoms with Crippen molar-refractivity contribution in [2.24, 2.45) is 0 Å². The van der Waals surface area contributed by atoms with Crippen molar-refractivity contribution in [1.82, 2.24) is 9.97 Å². The summed E-state index contributed by atoms with van der Waals surface area (Å²) in [7, 11) is 0. The molecule has 0 saturated heterocycles. The molecule has 0 amide bonds. The van der Waals surface area contributed by atoms with Gasteiger partial charge in [-0.05, 0) is 13.0 Å². The van der Waals surface area contributed by atoms with Crippen molar-refractivity contribution in [2.45, 2.75) is 13.1 Å². The molecule has 2 nitrogen and oxygen atoms in total. The molecule has 0 saturated carbocycles. The van der Waals surface area contributed by atoms with Crippen LogP contribution in [0.15, 0.2) is 12.3 Å². The fraction of sp³-hybridized carbons (Fsp3) is 0.250. The first kappa shape index (κ1) is 9.39. The second-order valence-electron chi connectivity index (χ2n) is 2.77. The molecule has 0 atom stereocenters. The second-order valence-corrected chi connectivity index (χ2v) is 4.00. The Labute approximate surface area is 81.4 Å². The lowest BCUT2D eigenvalue weighted by molar-refractivity contribution is -0.141. The molecule has 0 aliphatic carbocycles. The van der Waals surface area contributed by atoms with Gasteiger partial charge in [0.15, 0.2) is 0 Å². The van der Waals surface area contributed by atoms with Crippen molar-refractivity contribution in [3.05, 3.63) is 23.0 Å². The van der Waals surface area contributed by atoms with E-state index in [9.17, 15) is 13.2 Å². The molecule has 2 aromatic rings. The van der Waals surface area contributed by atoms with Gasteiger partial charge in [-0.25, -0.2) is 4.98 Å². The number of aromatic nitrogens is 2. The second kappa shape index (κ2) is 2.91. The van der Waals surface area contributed by atoms with Crippen LogP contribution in [-0.4, -0.2) is 9.97 Å². The zero-order valence-corrected chi connectivity index (χ0v) is 7.91. The van der Waals surface area contributed by atoms with Gasteiger partial charge in [0, 0.05) is 6.20 Å². The third-order valence-electron chi connectivity index (χ3n) is 1.67. The van der Waals surface area contributed by atoms with Crippen LogP contribution in [0.5, 0.6) is 0 Å². The number of thiazole rings is 1. The lowest BCUT2D eigenvalue weighted by atomic mass is 10.3. The van der Waals surface area contributed by atoms with Crippen LogP contribution in [0.3, 0.4) is 0 Å². The monoisotopic (exact) mass is 218 g/mol. The van der Waals surface area contributed by atoms with E-state index in [0.29, 0.717) is 10.2 Å². The number of hydrogen-bond acceptors (Lipinski definition) is 3. The molecule has 0 aliphatic heterocycles. The summed E-state index contributed by atoms with van der Waals surface area (Å²) < 4.78 is 37.4. The summed E-state index contributed by atoms with van der Waals surface area (Å²) >= 11 is 1.33. The van der Waals surface area contributed by atoms with E-state index in [1.807, 2.05) is 0 Å². The van der Waals surface area contributed by atoms with Crippen LogP contribution in [0.25, 0.3) is 10.2 Å². The Bertz CT molecular complexity index is 475. The fourth-order valence-electron chi connectivity index (χ4n) is 1.10. The minimum absolute atomic E-state index is 0.356. The van der Waals surface area contributed by atoms with Crippen LogP contribution in [0.4, 0.5) is 13.2 Å². The van der Waals surface area contributed by atoms with Gasteiger partial charge in [0.1, 0.15) is 5.69 Å². The first-order valence-electron chi connectivity index (χ1n) is 3.77. The Kier molecular flexibility index (Phi) is 1.95. The van der Waals surface area contributed by atoms with Crippen molar-refractivity contribution >= 4 is 21.6 Å². The predicted molar refractivity (Wildman–Crippen MR) is 47.2 cm³/mol. The highest BCUT2D eigenvalue weighted by molar-refractivity contribution is 7.18. The standard InChI is InChI=1S/C8H5F3N2S/c1-4-13-5-2-7(8(9,10)11)12-3-6(5)14-4/h2-3H,1H3. The third-order valence-corrected chi connectivity index (χ3v) is 2.59. The number of aryl methyl sites for hydroxylation is 1. The van der Waals surface area contributed by atoms with Gasteiger partial charge in [-0.15, -0.1) is 11.3 Å². The van der Waals surface area contributed by atoms with E-state index in [1.165, 1.54) is 17.5 Å². The lowest BCUT2D eigenvalue weighted by Crippen LogP contribution is -2.06. The highest BCUT2D eigenvalue weighted by atomic mass is 32.1. The van der Waals surface area contributed by atoms with Crippen molar-refractivity contribution in [3.8, 4) is 0 Å². The van der Waals surface area contributed by atoms with Gasteiger partial charge < -0.3 is 0 Å². The average molecular weight is 218 g/mol. The predicted octanol–water partition coefficient (Wildman–Crippen LogP) is 3.02. The number of fused-ring (bicyclic) bond motifs is 1. The van der Waals surface area contributed by atoms with Crippen LogP contribution in [0.2, 0.25) is 0 Å². The lowest BCUT2D eigenvalue weighted by Gasteiger charge is -2.03. The molecule has 14 heavy (non-hydrogen) atoms. The summed E-state index contributed by atoms with van der Waals surface area (Å²) in [5.74, 6) is 0. The van der Waals surface area contributed by atoms with Gasteiger partial charge in [-0.2, -0.15) is 13.2 Å². The van der Waals surface area contributed by atoms with E-state index < -0.39 is 11.9 Å². The van der Waals surface area contributed by atoms with Gasteiger partial charge in [0.25, 0.3) is 0 Å². The molecule has 74 valence electrons. The normalized spacial score (nSPS) is 12.3. The molecular formula is C8H5F3N2S. The van der Waals surface area contributed by atoms with Gasteiger partial charge in [0.05, 0.1) is 15.2 Å². The van der Waals surface area contributed by atoms with Gasteiger partial charge in [-0.3, -0.25) is 4.98 Å². The van der Waals surface area contributed by atoms with Crippen molar-refractivity contribution in [3.63, 3.8) is 0 Å². The molecule has 0 spiro atoms. The quantitative estimate of drug-likeness (QED) is 0.679. The molecular weight excluding hydrogens is 213 g/mol. The molecule has 2 heterocycles. The van der Waals surface area contributed by atoms with Crippen molar-refractivity contribution < 1.29 is 13.2 Å². The molecule has 2 rings (SSSR count). The average Bonchev–Trinajstić information content (AvgIpc) is 2.41. The molecule has 0 bridgehead atoms. The number of halogens is 3. The summed E-state index contributed by atoms with van der Waals surface area (Å²) in [6.45, 7) is 1.75. The van der Waals surface area contributed by atoms with E-state index in [0.717, 1.165) is 11.1 Å². The van der Waals surface area contributed by atoms with E-state index >= 15 is 0 Å². The van der Waals surface area contributed by atoms with Crippen molar-refractivity contribution in [2.75, 3.05) is 0 Å². The number of pyridine rings is 1. The zero-order valence-electron chi connectivity index (χ0n) is 7.09. The number of nitrogens with zero attached hydrogens (tertiary/aromatic N) is 2. The van der Waals surface area contributed by atoms with Gasteiger partial charge in [0.2, 0.25) is 0 Å². The van der Waals surface area contributed by atoms with Crippen LogP contribution in [0.1, 0.15) is 10.7 Å². The molecule has 6 heteroatoms. The van der Waals surface area contributed by atoms with E-state index in [-0.39, 0.29) is 0 Å². The summed E-state index contributed by atoms with van der Waals surface area (Å²) in [6.07, 6.45) is -3.19. The molecule has 0 unspecified atom stereocenters. The first-order chi connectivity index (χ1) is 6.47. The summed E-state index contributed by atoms with van der Waals surface area (Å²) in [4.78, 5) is 7.30. The zero-order chi connectivity index (χ0) is 10.3. The number of alkyl halides is 3. The minimum atomic E-state index is -4.40. The van der Waals surface area contributed by atoms with Gasteiger partial charge >= 0.3 is 6.18 Å². The molecule has 0 N–H and O–H groups in total. The van der Waals surface area contributed by atoms with E-state index in [1.54, 1.807) is 6.92 Å². The van der Waals surface area contributed by atoms with E-state index in [4.69, 9.17) is 0 Å². The topological polar surface area (TPSA) is 25.8 Å². The molecule has 0 aliphatic rings. The maximum atomic E-state index is 12.2. The maximum absolute atomic E-state index is 12.2. The Morgan fingerprint density at radius 2 is 2.07 bits per heavy atom. The molecule has 0 aromatic carbocycles. The molecule has 0 radical (unpaired) electrons. The number of rotatable bonds is 0. The van der Waals surface area contributed by atoms with Gasteiger partial charge in [-0.1, -0.05) is 0 Å². The minimum Gasteiger partial charge on any atom is -0.250 e. The molecule has 0 fully saturated rings. The van der Waals surface area contributed by atoms with Crippen LogP contribution >= 0.6 is 11.3 Å². The van der Waals surface area contributed by atoms with Crippen LogP contribution in [-0.2, 0) is 6.18 Å². The summed E-state index contributed by atoms with van der Waals surface area (Å²) in [5.41, 5.74) is -0.537. The van der Waals surface area contributed by atoms with Crippen molar-refractivity contribution in [1.29, 1.82) is 0 Å². The fourth-order valence-corrected chi connectivity index (χ4v) is 1.88. The molecule has 2 aromatic heterocycles. The largest absolute Gasteiger partial charge is 0.433 e. The first-order valence-corrected chi connectivity index (χ1v) is 4.59. The van der Waals surface area contributed by atoms with E-state index in [2.05, 4.69) is 9.97 Å². The summed E-state index contributed by atoms with van der Waals surface area (Å²) in [6, 6.07) is 0.971. The number of hydrogen-bond donors (Lipinski definition) is 0. The van der Waals surface area contributed by atoms with Crippen LogP contribution < -0.4 is 0 Å². The highest BCUT2D eigenvalue weighted by Crippen LogP contribution is 2.30. The Morgan fingerprint density at radius 3 is 2.71 bits per heavy atom.